The number of benzene rings is 2. The van der Waals surface area contributed by atoms with Gasteiger partial charge in [-0.25, -0.2) is 0 Å². The van der Waals surface area contributed by atoms with E-state index in [-0.39, 0.29) is 0 Å². The quantitative estimate of drug-likeness (QED) is 0.631. The molecule has 128 valence electrons. The van der Waals surface area contributed by atoms with Gasteiger partial charge in [0.15, 0.2) is 5.11 Å². The molecule has 0 spiro atoms. The van der Waals surface area contributed by atoms with Gasteiger partial charge >= 0.3 is 0 Å². The molecule has 3 N–H and O–H groups in total. The van der Waals surface area contributed by atoms with Crippen LogP contribution in [-0.2, 0) is 19.4 Å². The molecule has 1 aromatic heterocycles. The minimum Gasteiger partial charge on any atom is -0.497 e. The van der Waals surface area contributed by atoms with E-state index in [4.69, 9.17) is 17.0 Å². The molecule has 1 unspecified atom stereocenters. The first kappa shape index (κ1) is 16.0. The lowest BCUT2D eigenvalue weighted by Gasteiger charge is -2.16. The molecule has 1 heterocycles. The first-order valence-corrected chi connectivity index (χ1v) is 8.89. The smallest absolute Gasteiger partial charge is 0.166 e. The highest BCUT2D eigenvalue weighted by atomic mass is 32.1. The van der Waals surface area contributed by atoms with Crippen LogP contribution >= 0.6 is 12.2 Å². The largest absolute Gasteiger partial charge is 0.497 e. The Kier molecular flexibility index (Phi) is 4.32. The second kappa shape index (κ2) is 6.76. The third-order valence-corrected chi connectivity index (χ3v) is 5.00. The molecule has 25 heavy (non-hydrogen) atoms. The van der Waals surface area contributed by atoms with Crippen LogP contribution in [0.1, 0.15) is 16.8 Å². The van der Waals surface area contributed by atoms with Crippen LogP contribution in [0.3, 0.4) is 0 Å². The number of thiocarbonyl (C=S) groups is 1. The molecule has 0 saturated heterocycles. The number of nitrogens with one attached hydrogen (secondary N) is 3. The molecule has 4 nitrogen and oxygen atoms in total. The number of rotatable bonds is 4. The number of methoxy groups -OCH3 is 1. The predicted molar refractivity (Wildman–Crippen MR) is 105 cm³/mol. The predicted octanol–water partition coefficient (Wildman–Crippen LogP) is 3.31. The molecule has 0 amide bonds. The zero-order valence-electron chi connectivity index (χ0n) is 14.1. The fourth-order valence-corrected chi connectivity index (χ4v) is 3.74. The Bertz CT molecular complexity index is 904. The van der Waals surface area contributed by atoms with Crippen LogP contribution in [0, 0.1) is 0 Å². The van der Waals surface area contributed by atoms with Gasteiger partial charge < -0.3 is 20.4 Å². The molecule has 0 bridgehead atoms. The van der Waals surface area contributed by atoms with Crippen molar-refractivity contribution in [3.8, 4) is 5.75 Å². The van der Waals surface area contributed by atoms with E-state index in [1.165, 1.54) is 27.7 Å². The molecule has 1 atom stereocenters. The molecule has 0 radical (unpaired) electrons. The van der Waals surface area contributed by atoms with Gasteiger partial charge in [0.1, 0.15) is 5.75 Å². The van der Waals surface area contributed by atoms with E-state index < -0.39 is 0 Å². The van der Waals surface area contributed by atoms with Crippen LogP contribution in [-0.4, -0.2) is 23.2 Å². The maximum absolute atomic E-state index is 5.46. The first-order chi connectivity index (χ1) is 12.2. The SMILES string of the molecule is COc1ccc2[nH]c3c(c2c1)CC(NC(=S)NCc1ccccc1)C3. The summed E-state index contributed by atoms with van der Waals surface area (Å²) >= 11 is 5.46. The summed E-state index contributed by atoms with van der Waals surface area (Å²) in [5.41, 5.74) is 5.07. The van der Waals surface area contributed by atoms with Crippen molar-refractivity contribution in [1.82, 2.24) is 15.6 Å². The molecule has 1 aliphatic rings. The summed E-state index contributed by atoms with van der Waals surface area (Å²) in [5, 5.41) is 8.70. The lowest BCUT2D eigenvalue weighted by Crippen LogP contribution is -2.42. The van der Waals surface area contributed by atoms with Crippen molar-refractivity contribution in [3.63, 3.8) is 0 Å². The Morgan fingerprint density at radius 1 is 1.20 bits per heavy atom. The maximum atomic E-state index is 5.46. The number of fused-ring (bicyclic) bond motifs is 3. The Morgan fingerprint density at radius 2 is 2.04 bits per heavy atom. The summed E-state index contributed by atoms with van der Waals surface area (Å²) in [6.45, 7) is 0.741. The standard InChI is InChI=1S/C20H21N3OS/c1-24-15-7-8-18-17(11-15)16-9-14(10-19(16)23-18)22-20(25)21-12-13-5-3-2-4-6-13/h2-8,11,14,23H,9-10,12H2,1H3,(H2,21,22,25). The van der Waals surface area contributed by atoms with Crippen molar-refractivity contribution in [2.75, 3.05) is 7.11 Å². The average molecular weight is 351 g/mol. The lowest BCUT2D eigenvalue weighted by molar-refractivity contribution is 0.415. The highest BCUT2D eigenvalue weighted by Crippen LogP contribution is 2.32. The molecule has 2 aromatic carbocycles. The van der Waals surface area contributed by atoms with E-state index >= 15 is 0 Å². The monoisotopic (exact) mass is 351 g/mol. The van der Waals surface area contributed by atoms with Gasteiger partial charge in [-0.1, -0.05) is 30.3 Å². The Balaban J connectivity index is 1.39. The Labute approximate surface area is 152 Å². The third-order valence-electron chi connectivity index (χ3n) is 4.73. The van der Waals surface area contributed by atoms with E-state index in [2.05, 4.69) is 39.9 Å². The van der Waals surface area contributed by atoms with Gasteiger partial charge in [0.2, 0.25) is 0 Å². The van der Waals surface area contributed by atoms with Crippen molar-refractivity contribution in [1.29, 1.82) is 0 Å². The molecular weight excluding hydrogens is 330 g/mol. The van der Waals surface area contributed by atoms with Crippen LogP contribution in [0.15, 0.2) is 48.5 Å². The number of aromatic amines is 1. The van der Waals surface area contributed by atoms with Crippen molar-refractivity contribution in [2.45, 2.75) is 25.4 Å². The van der Waals surface area contributed by atoms with Crippen LogP contribution in [0.5, 0.6) is 5.75 Å². The van der Waals surface area contributed by atoms with E-state index in [9.17, 15) is 0 Å². The summed E-state index contributed by atoms with van der Waals surface area (Å²) in [6, 6.07) is 16.8. The second-order valence-corrected chi connectivity index (χ2v) is 6.82. The maximum Gasteiger partial charge on any atom is 0.166 e. The molecule has 3 aromatic rings. The lowest BCUT2D eigenvalue weighted by atomic mass is 10.1. The van der Waals surface area contributed by atoms with Crippen LogP contribution in [0.4, 0.5) is 0 Å². The Hall–Kier alpha value is -2.53. The van der Waals surface area contributed by atoms with Crippen molar-refractivity contribution in [3.05, 3.63) is 65.4 Å². The summed E-state index contributed by atoms with van der Waals surface area (Å²) in [6.07, 6.45) is 1.93. The number of H-pyrrole nitrogens is 1. The van der Waals surface area contributed by atoms with Crippen molar-refractivity contribution < 1.29 is 4.74 Å². The number of aromatic nitrogens is 1. The minimum atomic E-state index is 0.327. The zero-order chi connectivity index (χ0) is 17.2. The number of hydrogen-bond acceptors (Lipinski definition) is 2. The van der Waals surface area contributed by atoms with E-state index in [0.717, 1.165) is 25.1 Å². The van der Waals surface area contributed by atoms with Gasteiger partial charge in [-0.15, -0.1) is 0 Å². The normalized spacial score (nSPS) is 15.8. The second-order valence-electron chi connectivity index (χ2n) is 6.41. The summed E-state index contributed by atoms with van der Waals surface area (Å²) in [4.78, 5) is 3.53. The highest BCUT2D eigenvalue weighted by molar-refractivity contribution is 7.80. The van der Waals surface area contributed by atoms with Crippen LogP contribution < -0.4 is 15.4 Å². The third kappa shape index (κ3) is 3.33. The van der Waals surface area contributed by atoms with Crippen LogP contribution in [0.2, 0.25) is 0 Å². The molecule has 1 aliphatic carbocycles. The molecule has 4 rings (SSSR count). The topological polar surface area (TPSA) is 49.1 Å². The summed E-state index contributed by atoms with van der Waals surface area (Å²) in [5.74, 6) is 0.894. The van der Waals surface area contributed by atoms with Crippen LogP contribution in [0.25, 0.3) is 10.9 Å². The number of ether oxygens (including phenoxy) is 1. The van der Waals surface area contributed by atoms with Gasteiger partial charge in [-0.2, -0.15) is 0 Å². The van der Waals surface area contributed by atoms with E-state index in [1.807, 2.05) is 24.3 Å². The highest BCUT2D eigenvalue weighted by Gasteiger charge is 2.26. The average Bonchev–Trinajstić information content (AvgIpc) is 3.17. The van der Waals surface area contributed by atoms with Gasteiger partial charge in [-0.05, 0) is 48.0 Å². The van der Waals surface area contributed by atoms with Gasteiger partial charge in [-0.3, -0.25) is 0 Å². The fraction of sp³-hybridized carbons (Fsp3) is 0.250. The molecule has 0 fully saturated rings. The molecular formula is C20H21N3OS. The van der Waals surface area contributed by atoms with Gasteiger partial charge in [0, 0.05) is 35.6 Å². The van der Waals surface area contributed by atoms with Crippen molar-refractivity contribution >= 4 is 28.2 Å². The minimum absolute atomic E-state index is 0.327. The molecule has 0 saturated carbocycles. The molecule has 0 aliphatic heterocycles. The van der Waals surface area contributed by atoms with E-state index in [0.29, 0.717) is 11.2 Å². The fourth-order valence-electron chi connectivity index (χ4n) is 3.50. The van der Waals surface area contributed by atoms with Gasteiger partial charge in [0.25, 0.3) is 0 Å². The molecule has 5 heteroatoms. The Morgan fingerprint density at radius 3 is 2.84 bits per heavy atom. The first-order valence-electron chi connectivity index (χ1n) is 8.48. The van der Waals surface area contributed by atoms with Crippen molar-refractivity contribution in [2.24, 2.45) is 0 Å². The van der Waals surface area contributed by atoms with Gasteiger partial charge in [0.05, 0.1) is 7.11 Å². The number of hydrogen-bond donors (Lipinski definition) is 3. The summed E-state index contributed by atoms with van der Waals surface area (Å²) < 4.78 is 5.36. The zero-order valence-corrected chi connectivity index (χ0v) is 15.0. The van der Waals surface area contributed by atoms with E-state index in [1.54, 1.807) is 7.11 Å². The summed E-state index contributed by atoms with van der Waals surface area (Å²) in [7, 11) is 1.70.